The number of tetrazole rings is 1. The Kier molecular flexibility index (Phi) is 6.30. The second kappa shape index (κ2) is 10.0. The predicted octanol–water partition coefficient (Wildman–Crippen LogP) is 5.44. The van der Waals surface area contributed by atoms with E-state index in [1.165, 1.54) is 0 Å². The zero-order valence-corrected chi connectivity index (χ0v) is 18.9. The van der Waals surface area contributed by atoms with Crippen molar-refractivity contribution in [2.24, 2.45) is 0 Å². The number of anilines is 1. The Balaban J connectivity index is 1.57. The number of nitrogens with one attached hydrogen (secondary N) is 1. The third-order valence-electron chi connectivity index (χ3n) is 5.86. The van der Waals surface area contributed by atoms with Crippen molar-refractivity contribution >= 4 is 11.7 Å². The lowest BCUT2D eigenvalue weighted by atomic mass is 9.94. The van der Waals surface area contributed by atoms with E-state index < -0.39 is 5.97 Å². The highest BCUT2D eigenvalue weighted by atomic mass is 16.4. The standard InChI is InChI=1S/C28H23N5O2/c34-28(35)21-12-8-13-23(17-21)33(18-20-9-2-1-3-10-20)19-22-11-4-5-14-24(22)25-15-6-7-16-26(25)27-29-31-32-30-27/h1-17H,18-19H2,(H,34,35)(H,29,30,31,32). The molecule has 1 heterocycles. The van der Waals surface area contributed by atoms with Crippen LogP contribution in [0, 0.1) is 0 Å². The zero-order chi connectivity index (χ0) is 24.0. The smallest absolute Gasteiger partial charge is 0.335 e. The molecule has 35 heavy (non-hydrogen) atoms. The number of hydrogen-bond donors (Lipinski definition) is 2. The van der Waals surface area contributed by atoms with Crippen LogP contribution in [0.1, 0.15) is 21.5 Å². The molecule has 0 amide bonds. The average molecular weight is 462 g/mol. The summed E-state index contributed by atoms with van der Waals surface area (Å²) in [7, 11) is 0. The lowest BCUT2D eigenvalue weighted by molar-refractivity contribution is 0.0697. The Hall–Kier alpha value is -4.78. The maximum absolute atomic E-state index is 11.6. The molecule has 0 aliphatic carbocycles. The van der Waals surface area contributed by atoms with Crippen molar-refractivity contribution in [1.82, 2.24) is 20.6 Å². The molecular formula is C28H23N5O2. The van der Waals surface area contributed by atoms with Crippen LogP contribution < -0.4 is 4.90 Å². The van der Waals surface area contributed by atoms with E-state index in [4.69, 9.17) is 0 Å². The normalized spacial score (nSPS) is 10.7. The van der Waals surface area contributed by atoms with Gasteiger partial charge in [0.1, 0.15) is 0 Å². The summed E-state index contributed by atoms with van der Waals surface area (Å²) in [6, 6.07) is 33.4. The number of carboxylic acid groups (broad SMARTS) is 1. The van der Waals surface area contributed by atoms with Gasteiger partial charge in [0, 0.05) is 24.3 Å². The molecule has 1 aromatic heterocycles. The first-order valence-electron chi connectivity index (χ1n) is 11.2. The van der Waals surface area contributed by atoms with E-state index in [-0.39, 0.29) is 5.56 Å². The van der Waals surface area contributed by atoms with E-state index in [0.29, 0.717) is 18.9 Å². The molecule has 0 spiro atoms. The number of benzene rings is 4. The van der Waals surface area contributed by atoms with Gasteiger partial charge in [-0.1, -0.05) is 84.9 Å². The topological polar surface area (TPSA) is 95.0 Å². The van der Waals surface area contributed by atoms with E-state index >= 15 is 0 Å². The van der Waals surface area contributed by atoms with Gasteiger partial charge < -0.3 is 10.0 Å². The maximum atomic E-state index is 11.6. The molecule has 0 atom stereocenters. The first-order valence-corrected chi connectivity index (χ1v) is 11.2. The third kappa shape index (κ3) is 4.94. The van der Waals surface area contributed by atoms with Crippen LogP contribution in [0.2, 0.25) is 0 Å². The second-order valence-corrected chi connectivity index (χ2v) is 8.14. The van der Waals surface area contributed by atoms with Gasteiger partial charge in [-0.25, -0.2) is 4.79 Å². The molecule has 5 aromatic rings. The molecule has 0 aliphatic rings. The molecule has 0 unspecified atom stereocenters. The Morgan fingerprint density at radius 3 is 2.23 bits per heavy atom. The Bertz CT molecular complexity index is 1430. The summed E-state index contributed by atoms with van der Waals surface area (Å²) in [5, 5.41) is 24.2. The largest absolute Gasteiger partial charge is 0.478 e. The number of aromatic carboxylic acids is 1. The number of aromatic amines is 1. The molecular weight excluding hydrogens is 438 g/mol. The van der Waals surface area contributed by atoms with Gasteiger partial charge in [-0.3, -0.25) is 0 Å². The van der Waals surface area contributed by atoms with E-state index in [0.717, 1.165) is 33.5 Å². The number of rotatable bonds is 8. The first kappa shape index (κ1) is 22.0. The van der Waals surface area contributed by atoms with Crippen LogP contribution in [0.3, 0.4) is 0 Å². The quantitative estimate of drug-likeness (QED) is 0.320. The molecule has 172 valence electrons. The average Bonchev–Trinajstić information content (AvgIpc) is 3.44. The van der Waals surface area contributed by atoms with Crippen molar-refractivity contribution in [2.45, 2.75) is 13.1 Å². The lowest BCUT2D eigenvalue weighted by Gasteiger charge is -2.27. The van der Waals surface area contributed by atoms with E-state index in [9.17, 15) is 9.90 Å². The van der Waals surface area contributed by atoms with Gasteiger partial charge in [-0.15, -0.1) is 10.2 Å². The Morgan fingerprint density at radius 2 is 1.49 bits per heavy atom. The van der Waals surface area contributed by atoms with Crippen molar-refractivity contribution in [3.8, 4) is 22.5 Å². The first-order chi connectivity index (χ1) is 17.2. The van der Waals surface area contributed by atoms with Crippen molar-refractivity contribution in [3.63, 3.8) is 0 Å². The van der Waals surface area contributed by atoms with Crippen LogP contribution in [-0.2, 0) is 13.1 Å². The van der Waals surface area contributed by atoms with Gasteiger partial charge in [-0.2, -0.15) is 5.21 Å². The third-order valence-corrected chi connectivity index (χ3v) is 5.86. The molecule has 0 saturated carbocycles. The maximum Gasteiger partial charge on any atom is 0.335 e. The summed E-state index contributed by atoms with van der Waals surface area (Å²) < 4.78 is 0. The van der Waals surface area contributed by atoms with Crippen LogP contribution in [-0.4, -0.2) is 31.7 Å². The Labute approximate surface area is 202 Å². The molecule has 0 fully saturated rings. The number of nitrogens with zero attached hydrogens (tertiary/aromatic N) is 4. The minimum absolute atomic E-state index is 0.260. The summed E-state index contributed by atoms with van der Waals surface area (Å²) in [5.41, 5.74) is 6.28. The highest BCUT2D eigenvalue weighted by Crippen LogP contribution is 2.33. The fourth-order valence-electron chi connectivity index (χ4n) is 4.19. The summed E-state index contributed by atoms with van der Waals surface area (Å²) in [6.45, 7) is 1.21. The van der Waals surface area contributed by atoms with Gasteiger partial charge in [0.15, 0.2) is 0 Å². The molecule has 7 nitrogen and oxygen atoms in total. The number of aromatic nitrogens is 4. The number of carbonyl (C=O) groups is 1. The van der Waals surface area contributed by atoms with Crippen LogP contribution in [0.25, 0.3) is 22.5 Å². The molecule has 0 bridgehead atoms. The van der Waals surface area contributed by atoms with Crippen LogP contribution in [0.15, 0.2) is 103 Å². The molecule has 0 radical (unpaired) electrons. The SMILES string of the molecule is O=C(O)c1cccc(N(Cc2ccccc2)Cc2ccccc2-c2ccccc2-c2nn[nH]n2)c1. The van der Waals surface area contributed by atoms with Gasteiger partial charge in [0.05, 0.1) is 5.56 Å². The molecule has 4 aromatic carbocycles. The molecule has 7 heteroatoms. The summed E-state index contributed by atoms with van der Waals surface area (Å²) in [5.74, 6) is -0.411. The number of hydrogen-bond acceptors (Lipinski definition) is 5. The molecule has 2 N–H and O–H groups in total. The minimum atomic E-state index is -0.944. The molecule has 5 rings (SSSR count). The van der Waals surface area contributed by atoms with Crippen LogP contribution in [0.4, 0.5) is 5.69 Å². The monoisotopic (exact) mass is 461 g/mol. The summed E-state index contributed by atoms with van der Waals surface area (Å²) in [4.78, 5) is 13.8. The summed E-state index contributed by atoms with van der Waals surface area (Å²) >= 11 is 0. The van der Waals surface area contributed by atoms with Crippen molar-refractivity contribution < 1.29 is 9.90 Å². The second-order valence-electron chi connectivity index (χ2n) is 8.14. The van der Waals surface area contributed by atoms with Crippen LogP contribution in [0.5, 0.6) is 0 Å². The number of carboxylic acids is 1. The molecule has 0 aliphatic heterocycles. The fourth-order valence-corrected chi connectivity index (χ4v) is 4.19. The van der Waals surface area contributed by atoms with Gasteiger partial charge in [0.25, 0.3) is 0 Å². The predicted molar refractivity (Wildman–Crippen MR) is 135 cm³/mol. The van der Waals surface area contributed by atoms with Crippen molar-refractivity contribution in [3.05, 3.63) is 120 Å². The lowest BCUT2D eigenvalue weighted by Crippen LogP contribution is -2.23. The highest BCUT2D eigenvalue weighted by molar-refractivity contribution is 5.89. The fraction of sp³-hybridized carbons (Fsp3) is 0.0714. The van der Waals surface area contributed by atoms with Crippen molar-refractivity contribution in [1.29, 1.82) is 0 Å². The van der Waals surface area contributed by atoms with Crippen molar-refractivity contribution in [2.75, 3.05) is 4.90 Å². The number of H-pyrrole nitrogens is 1. The van der Waals surface area contributed by atoms with Gasteiger partial charge in [0.2, 0.25) is 5.82 Å². The van der Waals surface area contributed by atoms with E-state index in [1.54, 1.807) is 18.2 Å². The summed E-state index contributed by atoms with van der Waals surface area (Å²) in [6.07, 6.45) is 0. The highest BCUT2D eigenvalue weighted by Gasteiger charge is 2.17. The van der Waals surface area contributed by atoms with E-state index in [1.807, 2.05) is 54.6 Å². The van der Waals surface area contributed by atoms with Gasteiger partial charge in [-0.05, 0) is 45.7 Å². The van der Waals surface area contributed by atoms with Crippen LogP contribution >= 0.6 is 0 Å². The van der Waals surface area contributed by atoms with E-state index in [2.05, 4.69) is 55.9 Å². The zero-order valence-electron chi connectivity index (χ0n) is 18.9. The Morgan fingerprint density at radius 1 is 0.771 bits per heavy atom. The van der Waals surface area contributed by atoms with Gasteiger partial charge >= 0.3 is 5.97 Å². The molecule has 0 saturated heterocycles. The minimum Gasteiger partial charge on any atom is -0.478 e.